The van der Waals surface area contributed by atoms with E-state index in [4.69, 9.17) is 4.52 Å². The highest BCUT2D eigenvalue weighted by molar-refractivity contribution is 5.95. The lowest BCUT2D eigenvalue weighted by molar-refractivity contribution is 0.0781. The summed E-state index contributed by atoms with van der Waals surface area (Å²) in [6, 6.07) is 4.02. The second-order valence-corrected chi connectivity index (χ2v) is 8.00. The number of amides is 1. The quantitative estimate of drug-likeness (QED) is 0.670. The van der Waals surface area contributed by atoms with Gasteiger partial charge in [0.15, 0.2) is 5.82 Å². The van der Waals surface area contributed by atoms with Crippen molar-refractivity contribution in [3.63, 3.8) is 0 Å². The molecule has 9 nitrogen and oxygen atoms in total. The first-order valence-electron chi connectivity index (χ1n) is 9.81. The molecule has 3 aromatic rings. The van der Waals surface area contributed by atoms with Crippen LogP contribution in [0.15, 0.2) is 29.2 Å². The van der Waals surface area contributed by atoms with Crippen molar-refractivity contribution in [3.8, 4) is 5.82 Å². The van der Waals surface area contributed by atoms with Crippen LogP contribution >= 0.6 is 0 Å². The number of anilines is 1. The summed E-state index contributed by atoms with van der Waals surface area (Å²) in [6.45, 7) is 9.02. The highest BCUT2D eigenvalue weighted by Crippen LogP contribution is 2.34. The zero-order chi connectivity index (χ0) is 20.1. The van der Waals surface area contributed by atoms with E-state index in [2.05, 4.69) is 25.1 Å². The van der Waals surface area contributed by atoms with Gasteiger partial charge in [-0.1, -0.05) is 5.16 Å². The SMILES string of the molecule is Cc1cc(C)n(-c2cc(N3CC4CN(C(=O)c5cnoc5C)CC4C3)ncn2)n1. The zero-order valence-electron chi connectivity index (χ0n) is 16.7. The summed E-state index contributed by atoms with van der Waals surface area (Å²) in [6.07, 6.45) is 3.11. The third kappa shape index (κ3) is 3.06. The molecular formula is C20H23N7O2. The lowest BCUT2D eigenvalue weighted by atomic mass is 10.0. The second-order valence-electron chi connectivity index (χ2n) is 8.00. The summed E-state index contributed by atoms with van der Waals surface area (Å²) in [7, 11) is 0. The highest BCUT2D eigenvalue weighted by atomic mass is 16.5. The minimum atomic E-state index is 0.0125. The van der Waals surface area contributed by atoms with Crippen LogP contribution in [0, 0.1) is 32.6 Å². The van der Waals surface area contributed by atoms with Gasteiger partial charge in [0.2, 0.25) is 0 Å². The maximum Gasteiger partial charge on any atom is 0.259 e. The van der Waals surface area contributed by atoms with Gasteiger partial charge < -0.3 is 14.3 Å². The smallest absolute Gasteiger partial charge is 0.259 e. The Bertz CT molecular complexity index is 1060. The third-order valence-electron chi connectivity index (χ3n) is 5.94. The number of nitrogens with zero attached hydrogens (tertiary/aromatic N) is 7. The number of likely N-dealkylation sites (tertiary alicyclic amines) is 1. The minimum absolute atomic E-state index is 0.0125. The van der Waals surface area contributed by atoms with Crippen LogP contribution in [0.5, 0.6) is 0 Å². The minimum Gasteiger partial charge on any atom is -0.361 e. The van der Waals surface area contributed by atoms with Gasteiger partial charge in [-0.25, -0.2) is 14.6 Å². The van der Waals surface area contributed by atoms with Gasteiger partial charge >= 0.3 is 0 Å². The number of hydrogen-bond acceptors (Lipinski definition) is 7. The molecule has 2 fully saturated rings. The Morgan fingerprint density at radius 2 is 1.76 bits per heavy atom. The van der Waals surface area contributed by atoms with Gasteiger partial charge in [0.05, 0.1) is 11.9 Å². The molecule has 0 aromatic carbocycles. The number of carbonyl (C=O) groups excluding carboxylic acids is 1. The van der Waals surface area contributed by atoms with Gasteiger partial charge in [-0.3, -0.25) is 4.79 Å². The second kappa shape index (κ2) is 6.68. The van der Waals surface area contributed by atoms with Gasteiger partial charge in [-0.05, 0) is 26.8 Å². The Balaban J connectivity index is 1.30. The molecule has 2 unspecified atom stereocenters. The van der Waals surface area contributed by atoms with Crippen molar-refractivity contribution in [2.24, 2.45) is 11.8 Å². The molecular weight excluding hydrogens is 370 g/mol. The normalized spacial score (nSPS) is 21.1. The molecule has 29 heavy (non-hydrogen) atoms. The first kappa shape index (κ1) is 17.8. The summed E-state index contributed by atoms with van der Waals surface area (Å²) in [5, 5.41) is 8.24. The largest absolute Gasteiger partial charge is 0.361 e. The number of fused-ring (bicyclic) bond motifs is 1. The fourth-order valence-corrected chi connectivity index (χ4v) is 4.51. The Morgan fingerprint density at radius 1 is 1.03 bits per heavy atom. The van der Waals surface area contributed by atoms with E-state index in [0.29, 0.717) is 23.2 Å². The fraction of sp³-hybridized carbons (Fsp3) is 0.450. The molecule has 5 heterocycles. The zero-order valence-corrected chi connectivity index (χ0v) is 16.7. The van der Waals surface area contributed by atoms with Gasteiger partial charge in [0.1, 0.15) is 23.5 Å². The lowest BCUT2D eigenvalue weighted by Gasteiger charge is -2.22. The summed E-state index contributed by atoms with van der Waals surface area (Å²) in [5.74, 6) is 3.14. The first-order valence-corrected chi connectivity index (χ1v) is 9.81. The van der Waals surface area contributed by atoms with Crippen LogP contribution in [-0.4, -0.2) is 61.9 Å². The Morgan fingerprint density at radius 3 is 2.38 bits per heavy atom. The molecule has 0 spiro atoms. The van der Waals surface area contributed by atoms with E-state index in [0.717, 1.165) is 49.2 Å². The number of carbonyl (C=O) groups is 1. The topological polar surface area (TPSA) is 93.2 Å². The van der Waals surface area contributed by atoms with Crippen LogP contribution in [0.25, 0.3) is 5.82 Å². The van der Waals surface area contributed by atoms with Crippen molar-refractivity contribution < 1.29 is 9.32 Å². The third-order valence-corrected chi connectivity index (χ3v) is 5.94. The van der Waals surface area contributed by atoms with E-state index in [1.165, 1.54) is 6.20 Å². The number of rotatable bonds is 3. The van der Waals surface area contributed by atoms with Gasteiger partial charge in [0.25, 0.3) is 5.91 Å². The molecule has 3 aromatic heterocycles. The predicted octanol–water partition coefficient (Wildman–Crippen LogP) is 1.78. The van der Waals surface area contributed by atoms with Crippen molar-refractivity contribution in [1.82, 2.24) is 29.8 Å². The van der Waals surface area contributed by atoms with Crippen molar-refractivity contribution in [3.05, 3.63) is 47.4 Å². The Hall–Kier alpha value is -3.23. The molecule has 0 N–H and O–H groups in total. The van der Waals surface area contributed by atoms with Crippen LogP contribution in [-0.2, 0) is 0 Å². The standard InChI is InChI=1S/C20H23N7O2/c1-12-4-13(2)27(24-12)19-5-18(21-11-22-19)25-7-15-9-26(10-16(15)8-25)20(28)17-6-23-29-14(17)3/h4-6,11,15-16H,7-10H2,1-3H3. The average Bonchev–Trinajstić information content (AvgIpc) is 3.44. The molecule has 0 aliphatic carbocycles. The van der Waals surface area contributed by atoms with Crippen LogP contribution in [0.2, 0.25) is 0 Å². The molecule has 2 aliphatic heterocycles. The average molecular weight is 393 g/mol. The summed E-state index contributed by atoms with van der Waals surface area (Å²) in [5.41, 5.74) is 2.57. The van der Waals surface area contributed by atoms with Crippen molar-refractivity contribution >= 4 is 11.7 Å². The van der Waals surface area contributed by atoms with Crippen molar-refractivity contribution in [1.29, 1.82) is 0 Å². The van der Waals surface area contributed by atoms with Crippen LogP contribution < -0.4 is 4.90 Å². The van der Waals surface area contributed by atoms with Gasteiger partial charge in [-0.2, -0.15) is 5.10 Å². The Kier molecular flexibility index (Phi) is 4.11. The monoisotopic (exact) mass is 393 g/mol. The van der Waals surface area contributed by atoms with E-state index in [1.807, 2.05) is 35.6 Å². The Labute approximate surface area is 168 Å². The molecule has 9 heteroatoms. The molecule has 2 atom stereocenters. The predicted molar refractivity (Wildman–Crippen MR) is 105 cm³/mol. The summed E-state index contributed by atoms with van der Waals surface area (Å²) < 4.78 is 6.89. The van der Waals surface area contributed by atoms with E-state index in [9.17, 15) is 4.79 Å². The van der Waals surface area contributed by atoms with Crippen molar-refractivity contribution in [2.45, 2.75) is 20.8 Å². The molecule has 150 valence electrons. The lowest BCUT2D eigenvalue weighted by Crippen LogP contribution is -2.33. The van der Waals surface area contributed by atoms with Crippen LogP contribution in [0.3, 0.4) is 0 Å². The maximum absolute atomic E-state index is 12.7. The molecule has 2 aliphatic rings. The van der Waals surface area contributed by atoms with Gasteiger partial charge in [-0.15, -0.1) is 0 Å². The first-order chi connectivity index (χ1) is 14.0. The van der Waals surface area contributed by atoms with Crippen molar-refractivity contribution in [2.75, 3.05) is 31.1 Å². The highest BCUT2D eigenvalue weighted by Gasteiger charge is 2.42. The van der Waals surface area contributed by atoms with E-state index < -0.39 is 0 Å². The van der Waals surface area contributed by atoms with E-state index in [1.54, 1.807) is 13.3 Å². The number of aryl methyl sites for hydroxylation is 3. The van der Waals surface area contributed by atoms with E-state index in [-0.39, 0.29) is 5.91 Å². The van der Waals surface area contributed by atoms with E-state index >= 15 is 0 Å². The number of aromatic nitrogens is 5. The molecule has 0 radical (unpaired) electrons. The fourth-order valence-electron chi connectivity index (χ4n) is 4.51. The molecule has 2 saturated heterocycles. The van der Waals surface area contributed by atoms with Gasteiger partial charge in [0, 0.05) is 49.8 Å². The molecule has 5 rings (SSSR count). The summed E-state index contributed by atoms with van der Waals surface area (Å²) in [4.78, 5) is 25.8. The molecule has 1 amide bonds. The number of hydrogen-bond donors (Lipinski definition) is 0. The molecule has 0 bridgehead atoms. The molecule has 0 saturated carbocycles. The maximum atomic E-state index is 12.7. The van der Waals surface area contributed by atoms with Crippen LogP contribution in [0.1, 0.15) is 27.5 Å². The van der Waals surface area contributed by atoms with Crippen LogP contribution in [0.4, 0.5) is 5.82 Å². The summed E-state index contributed by atoms with van der Waals surface area (Å²) >= 11 is 0.